The average Bonchev–Trinajstić information content (AvgIpc) is 2.47. The quantitative estimate of drug-likeness (QED) is 0.811. The van der Waals surface area contributed by atoms with Crippen LogP contribution in [0.15, 0.2) is 30.6 Å². The molecule has 0 N–H and O–H groups in total. The minimum Gasteiger partial charge on any atom is -0.493 e. The summed E-state index contributed by atoms with van der Waals surface area (Å²) in [5.74, 6) is 0.981. The van der Waals surface area contributed by atoms with Crippen molar-refractivity contribution in [2.45, 2.75) is 12.8 Å². The summed E-state index contributed by atoms with van der Waals surface area (Å²) < 4.78 is 10.6. The molecule has 0 amide bonds. The van der Waals surface area contributed by atoms with Crippen LogP contribution in [0.3, 0.4) is 0 Å². The summed E-state index contributed by atoms with van der Waals surface area (Å²) in [4.78, 5) is 8.30. The molecule has 2 aromatic rings. The number of ether oxygens (including phenoxy) is 2. The lowest BCUT2D eigenvalue weighted by atomic mass is 9.96. The zero-order chi connectivity index (χ0) is 12.4. The highest BCUT2D eigenvalue weighted by Crippen LogP contribution is 2.33. The summed E-state index contributed by atoms with van der Waals surface area (Å²) in [6, 6.07) is 6.49. The molecule has 0 fully saturated rings. The van der Waals surface area contributed by atoms with E-state index in [1.807, 2.05) is 12.1 Å². The topological polar surface area (TPSA) is 44.2 Å². The molecule has 4 nitrogen and oxygen atoms in total. The van der Waals surface area contributed by atoms with Crippen LogP contribution in [-0.2, 0) is 6.42 Å². The van der Waals surface area contributed by atoms with E-state index in [0.29, 0.717) is 6.01 Å². The fourth-order valence-corrected chi connectivity index (χ4v) is 2.22. The number of fused-ring (bicyclic) bond motifs is 1. The maximum atomic E-state index is 5.66. The summed E-state index contributed by atoms with van der Waals surface area (Å²) in [5.41, 5.74) is 3.39. The second-order valence-electron chi connectivity index (χ2n) is 4.19. The van der Waals surface area contributed by atoms with Crippen molar-refractivity contribution in [2.75, 3.05) is 13.7 Å². The molecule has 0 saturated carbocycles. The Morgan fingerprint density at radius 1 is 1.22 bits per heavy atom. The molecule has 0 radical (unpaired) electrons. The molecule has 2 heterocycles. The molecule has 92 valence electrons. The fourth-order valence-electron chi connectivity index (χ4n) is 2.22. The maximum Gasteiger partial charge on any atom is 0.316 e. The van der Waals surface area contributed by atoms with Gasteiger partial charge in [0.15, 0.2) is 0 Å². The van der Waals surface area contributed by atoms with Crippen LogP contribution in [0, 0.1) is 0 Å². The van der Waals surface area contributed by atoms with Crippen LogP contribution in [0.5, 0.6) is 11.8 Å². The molecule has 0 spiro atoms. The second kappa shape index (κ2) is 4.64. The van der Waals surface area contributed by atoms with Crippen LogP contribution < -0.4 is 9.47 Å². The smallest absolute Gasteiger partial charge is 0.316 e. The second-order valence-corrected chi connectivity index (χ2v) is 4.19. The largest absolute Gasteiger partial charge is 0.493 e. The van der Waals surface area contributed by atoms with Gasteiger partial charge in [0.25, 0.3) is 0 Å². The van der Waals surface area contributed by atoms with Gasteiger partial charge in [-0.2, -0.15) is 0 Å². The average molecular weight is 242 g/mol. The van der Waals surface area contributed by atoms with Gasteiger partial charge in [0.05, 0.1) is 13.7 Å². The van der Waals surface area contributed by atoms with Crippen molar-refractivity contribution in [3.8, 4) is 22.9 Å². The van der Waals surface area contributed by atoms with Gasteiger partial charge in [-0.1, -0.05) is 12.1 Å². The Morgan fingerprint density at radius 2 is 2.06 bits per heavy atom. The molecular weight excluding hydrogens is 228 g/mol. The monoisotopic (exact) mass is 242 g/mol. The molecule has 0 unspecified atom stereocenters. The Labute approximate surface area is 106 Å². The fraction of sp³-hybridized carbons (Fsp3) is 0.286. The molecule has 4 heteroatoms. The Bertz CT molecular complexity index is 552. The third kappa shape index (κ3) is 1.90. The van der Waals surface area contributed by atoms with E-state index in [0.717, 1.165) is 36.3 Å². The Balaban J connectivity index is 2.05. The molecule has 1 aliphatic heterocycles. The SMILES string of the molecule is COc1ncc(-c2cccc3c2CCCO3)cn1. The van der Waals surface area contributed by atoms with Crippen molar-refractivity contribution in [1.82, 2.24) is 9.97 Å². The molecule has 18 heavy (non-hydrogen) atoms. The zero-order valence-electron chi connectivity index (χ0n) is 10.2. The normalized spacial score (nSPS) is 13.6. The number of methoxy groups -OCH3 is 1. The van der Waals surface area contributed by atoms with E-state index in [2.05, 4.69) is 16.0 Å². The molecule has 0 bridgehead atoms. The first kappa shape index (κ1) is 11.0. The summed E-state index contributed by atoms with van der Waals surface area (Å²) in [7, 11) is 1.56. The third-order valence-corrected chi connectivity index (χ3v) is 3.08. The van der Waals surface area contributed by atoms with Gasteiger partial charge in [0, 0.05) is 23.5 Å². The van der Waals surface area contributed by atoms with E-state index in [9.17, 15) is 0 Å². The molecule has 1 aliphatic rings. The minimum atomic E-state index is 0.389. The van der Waals surface area contributed by atoms with Crippen LogP contribution in [0.1, 0.15) is 12.0 Å². The molecule has 1 aromatic heterocycles. The highest BCUT2D eigenvalue weighted by Gasteiger charge is 2.15. The van der Waals surface area contributed by atoms with Crippen LogP contribution in [-0.4, -0.2) is 23.7 Å². The summed E-state index contributed by atoms with van der Waals surface area (Å²) >= 11 is 0. The lowest BCUT2D eigenvalue weighted by Gasteiger charge is -2.20. The van der Waals surface area contributed by atoms with Crippen molar-refractivity contribution in [1.29, 1.82) is 0 Å². The first-order chi connectivity index (χ1) is 8.88. The predicted octanol–water partition coefficient (Wildman–Crippen LogP) is 2.48. The van der Waals surface area contributed by atoms with Gasteiger partial charge in [0.1, 0.15) is 5.75 Å². The maximum absolute atomic E-state index is 5.66. The number of nitrogens with zero attached hydrogens (tertiary/aromatic N) is 2. The molecule has 0 atom stereocenters. The van der Waals surface area contributed by atoms with Crippen LogP contribution in [0.2, 0.25) is 0 Å². The summed E-state index contributed by atoms with van der Waals surface area (Å²) in [6.45, 7) is 0.801. The molecule has 0 aliphatic carbocycles. The van der Waals surface area contributed by atoms with E-state index >= 15 is 0 Å². The lowest BCUT2D eigenvalue weighted by Crippen LogP contribution is -2.09. The molecule has 1 aromatic carbocycles. The number of aromatic nitrogens is 2. The van der Waals surface area contributed by atoms with Crippen molar-refractivity contribution in [2.24, 2.45) is 0 Å². The van der Waals surface area contributed by atoms with Gasteiger partial charge < -0.3 is 9.47 Å². The van der Waals surface area contributed by atoms with Crippen molar-refractivity contribution < 1.29 is 9.47 Å². The van der Waals surface area contributed by atoms with Crippen LogP contribution in [0.25, 0.3) is 11.1 Å². The van der Waals surface area contributed by atoms with Gasteiger partial charge in [0.2, 0.25) is 0 Å². The van der Waals surface area contributed by atoms with Gasteiger partial charge in [-0.3, -0.25) is 0 Å². The zero-order valence-corrected chi connectivity index (χ0v) is 10.2. The lowest BCUT2D eigenvalue weighted by molar-refractivity contribution is 0.289. The molecule has 3 rings (SSSR count). The standard InChI is InChI=1S/C14H14N2O2/c1-17-14-15-8-10(9-16-14)11-4-2-6-13-12(11)5-3-7-18-13/h2,4,6,8-9H,3,5,7H2,1H3. The first-order valence-electron chi connectivity index (χ1n) is 5.99. The van der Waals surface area contributed by atoms with Gasteiger partial charge in [-0.15, -0.1) is 0 Å². The van der Waals surface area contributed by atoms with Gasteiger partial charge >= 0.3 is 6.01 Å². The van der Waals surface area contributed by atoms with E-state index < -0.39 is 0 Å². The number of benzene rings is 1. The van der Waals surface area contributed by atoms with E-state index in [1.165, 1.54) is 5.56 Å². The molecular formula is C14H14N2O2. The van der Waals surface area contributed by atoms with Crippen LogP contribution in [0.4, 0.5) is 0 Å². The van der Waals surface area contributed by atoms with Crippen molar-refractivity contribution in [3.63, 3.8) is 0 Å². The van der Waals surface area contributed by atoms with Crippen LogP contribution >= 0.6 is 0 Å². The van der Waals surface area contributed by atoms with Crippen molar-refractivity contribution >= 4 is 0 Å². The van der Waals surface area contributed by atoms with E-state index in [1.54, 1.807) is 19.5 Å². The summed E-state index contributed by atoms with van der Waals surface area (Å²) in [6.07, 6.45) is 5.67. The highest BCUT2D eigenvalue weighted by molar-refractivity contribution is 5.69. The van der Waals surface area contributed by atoms with E-state index in [4.69, 9.17) is 9.47 Å². The highest BCUT2D eigenvalue weighted by atomic mass is 16.5. The third-order valence-electron chi connectivity index (χ3n) is 3.08. The number of hydrogen-bond donors (Lipinski definition) is 0. The Hall–Kier alpha value is -2.10. The summed E-state index contributed by atoms with van der Waals surface area (Å²) in [5, 5.41) is 0. The van der Waals surface area contributed by atoms with Gasteiger partial charge in [-0.25, -0.2) is 9.97 Å². The predicted molar refractivity (Wildman–Crippen MR) is 67.8 cm³/mol. The minimum absolute atomic E-state index is 0.389. The number of rotatable bonds is 2. The Morgan fingerprint density at radius 3 is 2.83 bits per heavy atom. The van der Waals surface area contributed by atoms with Gasteiger partial charge in [-0.05, 0) is 24.5 Å². The molecule has 0 saturated heterocycles. The first-order valence-corrected chi connectivity index (χ1v) is 5.99. The number of hydrogen-bond acceptors (Lipinski definition) is 4. The van der Waals surface area contributed by atoms with Crippen molar-refractivity contribution in [3.05, 3.63) is 36.2 Å². The Kier molecular flexibility index (Phi) is 2.84. The van der Waals surface area contributed by atoms with E-state index in [-0.39, 0.29) is 0 Å².